The minimum Gasteiger partial charge on any atom is -0.368 e. The Hall–Kier alpha value is -2.00. The third kappa shape index (κ3) is 3.52. The first-order valence-electron chi connectivity index (χ1n) is 9.12. The second-order valence-electron chi connectivity index (χ2n) is 6.95. The van der Waals surface area contributed by atoms with Crippen LogP contribution < -0.4 is 4.90 Å². The fraction of sp³-hybridized carbons (Fsp3) is 0.381. The number of anilines is 1. The molecule has 0 saturated carbocycles. The molecule has 0 atom stereocenters. The van der Waals surface area contributed by atoms with Crippen LogP contribution >= 0.6 is 11.6 Å². The molecule has 1 heterocycles. The van der Waals surface area contributed by atoms with Crippen LogP contribution in [0.5, 0.6) is 0 Å². The second-order valence-corrected chi connectivity index (χ2v) is 7.39. The fourth-order valence-corrected chi connectivity index (χ4v) is 4.07. The highest BCUT2D eigenvalue weighted by molar-refractivity contribution is 6.30. The summed E-state index contributed by atoms with van der Waals surface area (Å²) in [4.78, 5) is 17.1. The summed E-state index contributed by atoms with van der Waals surface area (Å²) in [5, 5.41) is 0.755. The van der Waals surface area contributed by atoms with Gasteiger partial charge in [-0.3, -0.25) is 4.79 Å². The Balaban J connectivity index is 1.43. The molecule has 4 rings (SSSR count). The summed E-state index contributed by atoms with van der Waals surface area (Å²) in [5.41, 5.74) is 4.77. The predicted octanol–water partition coefficient (Wildman–Crippen LogP) is 4.18. The minimum atomic E-state index is 0.166. The van der Waals surface area contributed by atoms with Gasteiger partial charge >= 0.3 is 0 Å². The maximum Gasteiger partial charge on any atom is 0.253 e. The van der Waals surface area contributed by atoms with Gasteiger partial charge in [0.05, 0.1) is 0 Å². The van der Waals surface area contributed by atoms with E-state index in [1.807, 2.05) is 29.2 Å². The molecule has 2 aromatic rings. The van der Waals surface area contributed by atoms with Crippen molar-refractivity contribution in [2.24, 2.45) is 0 Å². The first-order valence-corrected chi connectivity index (χ1v) is 9.50. The summed E-state index contributed by atoms with van der Waals surface area (Å²) in [7, 11) is 0. The van der Waals surface area contributed by atoms with Crippen LogP contribution in [0.1, 0.15) is 34.3 Å². The summed E-state index contributed by atoms with van der Waals surface area (Å²) >= 11 is 6.09. The van der Waals surface area contributed by atoms with Crippen molar-refractivity contribution in [1.82, 2.24) is 4.90 Å². The number of carbonyl (C=O) groups excluding carboxylic acids is 1. The number of carbonyl (C=O) groups is 1. The third-order valence-electron chi connectivity index (χ3n) is 5.34. The Morgan fingerprint density at radius 1 is 0.880 bits per heavy atom. The number of hydrogen-bond acceptors (Lipinski definition) is 2. The lowest BCUT2D eigenvalue weighted by atomic mass is 9.90. The van der Waals surface area contributed by atoms with E-state index in [2.05, 4.69) is 23.1 Å². The molecule has 4 heteroatoms. The summed E-state index contributed by atoms with van der Waals surface area (Å²) in [5.74, 6) is 0.166. The van der Waals surface area contributed by atoms with Gasteiger partial charge in [-0.1, -0.05) is 23.7 Å². The molecule has 1 fully saturated rings. The SMILES string of the molecule is O=C(c1ccc2c(c1)CCCC2)N1CCN(c2cccc(Cl)c2)CC1. The highest BCUT2D eigenvalue weighted by Crippen LogP contribution is 2.24. The van der Waals surface area contributed by atoms with Gasteiger partial charge in [0, 0.05) is 42.5 Å². The van der Waals surface area contributed by atoms with E-state index in [0.29, 0.717) is 0 Å². The van der Waals surface area contributed by atoms with Crippen LogP contribution in [0.25, 0.3) is 0 Å². The standard InChI is InChI=1S/C21H23ClN2O/c22-19-6-3-7-20(15-19)23-10-12-24(13-11-23)21(25)18-9-8-16-4-1-2-5-17(16)14-18/h3,6-9,14-15H,1-2,4-5,10-13H2. The Bertz CT molecular complexity index is 781. The molecule has 0 bridgehead atoms. The maximum atomic E-state index is 12.9. The zero-order valence-electron chi connectivity index (χ0n) is 14.4. The predicted molar refractivity (Wildman–Crippen MR) is 103 cm³/mol. The summed E-state index contributed by atoms with van der Waals surface area (Å²) in [6.45, 7) is 3.19. The molecule has 2 aromatic carbocycles. The molecule has 1 aliphatic carbocycles. The minimum absolute atomic E-state index is 0.166. The molecule has 0 N–H and O–H groups in total. The lowest BCUT2D eigenvalue weighted by molar-refractivity contribution is 0.0746. The average molecular weight is 355 g/mol. The summed E-state index contributed by atoms with van der Waals surface area (Å²) < 4.78 is 0. The normalized spacial score (nSPS) is 17.3. The van der Waals surface area contributed by atoms with Crippen molar-refractivity contribution in [3.05, 3.63) is 64.2 Å². The molecule has 0 spiro atoms. The van der Waals surface area contributed by atoms with Gasteiger partial charge in [-0.2, -0.15) is 0 Å². The number of benzene rings is 2. The lowest BCUT2D eigenvalue weighted by Gasteiger charge is -2.36. The molecule has 1 amide bonds. The van der Waals surface area contributed by atoms with E-state index >= 15 is 0 Å². The lowest BCUT2D eigenvalue weighted by Crippen LogP contribution is -2.48. The van der Waals surface area contributed by atoms with Crippen LogP contribution in [0.2, 0.25) is 5.02 Å². The quantitative estimate of drug-likeness (QED) is 0.807. The van der Waals surface area contributed by atoms with Gasteiger partial charge in [0.15, 0.2) is 0 Å². The number of halogens is 1. The van der Waals surface area contributed by atoms with Crippen LogP contribution in [0.3, 0.4) is 0 Å². The Morgan fingerprint density at radius 3 is 2.40 bits per heavy atom. The van der Waals surface area contributed by atoms with E-state index in [1.54, 1.807) is 0 Å². The average Bonchev–Trinajstić information content (AvgIpc) is 2.67. The number of piperazine rings is 1. The van der Waals surface area contributed by atoms with Gasteiger partial charge in [0.1, 0.15) is 0 Å². The number of amides is 1. The van der Waals surface area contributed by atoms with E-state index in [4.69, 9.17) is 11.6 Å². The van der Waals surface area contributed by atoms with Gasteiger partial charge in [-0.15, -0.1) is 0 Å². The van der Waals surface area contributed by atoms with Crippen molar-refractivity contribution >= 4 is 23.2 Å². The van der Waals surface area contributed by atoms with Crippen molar-refractivity contribution < 1.29 is 4.79 Å². The number of rotatable bonds is 2. The van der Waals surface area contributed by atoms with Crippen molar-refractivity contribution in [2.75, 3.05) is 31.1 Å². The van der Waals surface area contributed by atoms with E-state index in [9.17, 15) is 4.79 Å². The largest absolute Gasteiger partial charge is 0.368 e. The van der Waals surface area contributed by atoms with Crippen molar-refractivity contribution in [3.8, 4) is 0 Å². The van der Waals surface area contributed by atoms with E-state index in [1.165, 1.54) is 24.0 Å². The second kappa shape index (κ2) is 7.09. The fourth-order valence-electron chi connectivity index (χ4n) is 3.89. The van der Waals surface area contributed by atoms with Crippen molar-refractivity contribution in [2.45, 2.75) is 25.7 Å². The number of fused-ring (bicyclic) bond motifs is 1. The third-order valence-corrected chi connectivity index (χ3v) is 5.57. The Labute approximate surface area is 154 Å². The van der Waals surface area contributed by atoms with Crippen molar-refractivity contribution in [3.63, 3.8) is 0 Å². The van der Waals surface area contributed by atoms with Crippen molar-refractivity contribution in [1.29, 1.82) is 0 Å². The van der Waals surface area contributed by atoms with Crippen LogP contribution in [0.4, 0.5) is 5.69 Å². The van der Waals surface area contributed by atoms with Gasteiger partial charge < -0.3 is 9.80 Å². The smallest absolute Gasteiger partial charge is 0.253 e. The van der Waals surface area contributed by atoms with Crippen LogP contribution in [0, 0.1) is 0 Å². The zero-order chi connectivity index (χ0) is 17.2. The molecule has 130 valence electrons. The molecule has 1 aliphatic heterocycles. The molecule has 0 radical (unpaired) electrons. The molecular weight excluding hydrogens is 332 g/mol. The highest BCUT2D eigenvalue weighted by atomic mass is 35.5. The van der Waals surface area contributed by atoms with Crippen LogP contribution in [-0.2, 0) is 12.8 Å². The van der Waals surface area contributed by atoms with Gasteiger partial charge in [-0.05, 0) is 67.1 Å². The van der Waals surface area contributed by atoms with E-state index < -0.39 is 0 Å². The number of aryl methyl sites for hydroxylation is 2. The Morgan fingerprint density at radius 2 is 1.64 bits per heavy atom. The van der Waals surface area contributed by atoms with Crippen LogP contribution in [0.15, 0.2) is 42.5 Å². The number of nitrogens with zero attached hydrogens (tertiary/aromatic N) is 2. The molecule has 25 heavy (non-hydrogen) atoms. The van der Waals surface area contributed by atoms with Crippen LogP contribution in [-0.4, -0.2) is 37.0 Å². The van der Waals surface area contributed by atoms with E-state index in [0.717, 1.165) is 55.3 Å². The monoisotopic (exact) mass is 354 g/mol. The number of hydrogen-bond donors (Lipinski definition) is 0. The molecule has 0 unspecified atom stereocenters. The van der Waals surface area contributed by atoms with Gasteiger partial charge in [-0.25, -0.2) is 0 Å². The molecule has 2 aliphatic rings. The van der Waals surface area contributed by atoms with Gasteiger partial charge in [0.2, 0.25) is 0 Å². The maximum absolute atomic E-state index is 12.9. The molecular formula is C21H23ClN2O. The molecule has 3 nitrogen and oxygen atoms in total. The first kappa shape index (κ1) is 16.5. The first-order chi connectivity index (χ1) is 12.2. The van der Waals surface area contributed by atoms with E-state index in [-0.39, 0.29) is 5.91 Å². The topological polar surface area (TPSA) is 23.6 Å². The van der Waals surface area contributed by atoms with Gasteiger partial charge in [0.25, 0.3) is 5.91 Å². The highest BCUT2D eigenvalue weighted by Gasteiger charge is 2.23. The molecule has 0 aromatic heterocycles. The summed E-state index contributed by atoms with van der Waals surface area (Å²) in [6, 6.07) is 14.2. The zero-order valence-corrected chi connectivity index (χ0v) is 15.1. The summed E-state index contributed by atoms with van der Waals surface area (Å²) in [6.07, 6.45) is 4.77. The Kier molecular flexibility index (Phi) is 4.67. The molecule has 1 saturated heterocycles.